The van der Waals surface area contributed by atoms with E-state index in [0.717, 1.165) is 21.6 Å². The number of rotatable bonds is 7. The fraction of sp³-hybridized carbons (Fsp3) is 0.226. The lowest BCUT2D eigenvalue weighted by atomic mass is 9.98. The van der Waals surface area contributed by atoms with Crippen molar-refractivity contribution in [3.05, 3.63) is 82.4 Å². The Balaban J connectivity index is 1.12. The maximum atomic E-state index is 13.2. The van der Waals surface area contributed by atoms with E-state index in [0.29, 0.717) is 29.9 Å². The molecule has 1 fully saturated rings. The minimum Gasteiger partial charge on any atom is -0.483 e. The van der Waals surface area contributed by atoms with Crippen molar-refractivity contribution in [2.75, 3.05) is 11.9 Å². The van der Waals surface area contributed by atoms with Gasteiger partial charge in [-0.05, 0) is 72.4 Å². The molecule has 222 valence electrons. The molecule has 6 amide bonds. The van der Waals surface area contributed by atoms with Crippen LogP contribution in [0.3, 0.4) is 0 Å². The first-order valence-corrected chi connectivity index (χ1v) is 13.9. The number of carbonyl (C=O) groups is 6. The number of amides is 6. The zero-order valence-electron chi connectivity index (χ0n) is 23.3. The van der Waals surface area contributed by atoms with E-state index in [1.54, 1.807) is 24.3 Å². The van der Waals surface area contributed by atoms with Gasteiger partial charge in [-0.3, -0.25) is 39.0 Å². The van der Waals surface area contributed by atoms with Gasteiger partial charge in [0.05, 0.1) is 28.9 Å². The number of hydrogen-bond donors (Lipinski definition) is 3. The molecule has 0 aromatic heterocycles. The number of nitrogens with two attached hydrogens (primary N) is 1. The van der Waals surface area contributed by atoms with E-state index in [-0.39, 0.29) is 36.1 Å². The second kappa shape index (κ2) is 11.5. The van der Waals surface area contributed by atoms with Gasteiger partial charge < -0.3 is 15.8 Å². The molecule has 3 aromatic carbocycles. The largest absolute Gasteiger partial charge is 0.483 e. The molecule has 13 heteroatoms. The predicted octanol–water partition coefficient (Wildman–Crippen LogP) is 2.65. The number of anilines is 1. The first-order chi connectivity index (χ1) is 21.2. The van der Waals surface area contributed by atoms with Gasteiger partial charge in [-0.15, -0.1) is 0 Å². The lowest BCUT2D eigenvalue weighted by Crippen LogP contribution is -2.54. The van der Waals surface area contributed by atoms with Gasteiger partial charge in [0, 0.05) is 12.1 Å². The van der Waals surface area contributed by atoms with Crippen LogP contribution in [0.1, 0.15) is 50.2 Å². The molecular formula is C31H26N6O7. The van der Waals surface area contributed by atoms with Crippen molar-refractivity contribution in [1.82, 2.24) is 10.2 Å². The monoisotopic (exact) mass is 594 g/mol. The minimum absolute atomic E-state index is 0.00404. The Labute approximate surface area is 250 Å². The van der Waals surface area contributed by atoms with Gasteiger partial charge in [0.15, 0.2) is 6.61 Å². The first-order valence-electron chi connectivity index (χ1n) is 13.9. The van der Waals surface area contributed by atoms with Gasteiger partial charge in [-0.2, -0.15) is 10.2 Å². The van der Waals surface area contributed by atoms with E-state index in [2.05, 4.69) is 20.9 Å². The number of aryl methyl sites for hydroxylation is 2. The molecule has 6 rings (SSSR count). The Kier molecular flexibility index (Phi) is 7.43. The molecule has 0 spiro atoms. The van der Waals surface area contributed by atoms with Gasteiger partial charge >= 0.3 is 0 Å². The number of nitrogens with zero attached hydrogens (tertiary/aromatic N) is 3. The molecule has 3 aliphatic rings. The second-order valence-corrected chi connectivity index (χ2v) is 10.6. The average Bonchev–Trinajstić information content (AvgIpc) is 3.23. The number of azo groups is 1. The van der Waals surface area contributed by atoms with E-state index in [9.17, 15) is 28.8 Å². The molecular weight excluding hydrogens is 568 g/mol. The Morgan fingerprint density at radius 3 is 2.39 bits per heavy atom. The molecule has 0 radical (unpaired) electrons. The number of hydrogen-bond acceptors (Lipinski definition) is 9. The van der Waals surface area contributed by atoms with Crippen molar-refractivity contribution in [3.8, 4) is 5.75 Å². The number of benzene rings is 3. The molecule has 4 N–H and O–H groups in total. The van der Waals surface area contributed by atoms with Crippen LogP contribution in [-0.2, 0) is 38.4 Å². The van der Waals surface area contributed by atoms with E-state index < -0.39 is 48.1 Å². The minimum atomic E-state index is -1.11. The lowest BCUT2D eigenvalue weighted by molar-refractivity contribution is -0.136. The van der Waals surface area contributed by atoms with Crippen molar-refractivity contribution < 1.29 is 33.5 Å². The molecule has 3 aromatic rings. The number of piperidine rings is 1. The van der Waals surface area contributed by atoms with Crippen LogP contribution in [0.2, 0.25) is 0 Å². The predicted molar refractivity (Wildman–Crippen MR) is 155 cm³/mol. The number of fused-ring (bicyclic) bond motifs is 3. The molecule has 1 atom stereocenters. The number of imide groups is 2. The Morgan fingerprint density at radius 2 is 1.66 bits per heavy atom. The summed E-state index contributed by atoms with van der Waals surface area (Å²) in [4.78, 5) is 75.2. The zero-order chi connectivity index (χ0) is 31.0. The Morgan fingerprint density at radius 1 is 0.932 bits per heavy atom. The molecule has 1 saturated heterocycles. The third-order valence-electron chi connectivity index (χ3n) is 7.60. The topological polar surface area (TPSA) is 190 Å². The highest BCUT2D eigenvalue weighted by atomic mass is 16.5. The van der Waals surface area contributed by atoms with Crippen molar-refractivity contribution >= 4 is 52.5 Å². The fourth-order valence-electron chi connectivity index (χ4n) is 5.53. The number of carbonyl (C=O) groups excluding carboxylic acids is 6. The smallest absolute Gasteiger partial charge is 0.266 e. The number of ether oxygens (including phenoxy) is 1. The summed E-state index contributed by atoms with van der Waals surface area (Å²) in [5.74, 6) is -3.47. The average molecular weight is 595 g/mol. The standard InChI is InChI=1S/C31H26N6O7/c32-25(38)13-16-4-8-21-17(12-16)5-6-18-14-19(7-9-22(18)36-35-21)33-27(40)15-44-24-3-1-2-20-28(24)31(43)37(30(20)42)23-10-11-26(39)34-29(23)41/h1-4,7-9,12,14,23H,5-6,10-11,13,15H2,(H2,32,38)(H,33,40)(H,34,39,41). The lowest BCUT2D eigenvalue weighted by Gasteiger charge is -2.27. The van der Waals surface area contributed by atoms with Crippen LogP contribution in [0.15, 0.2) is 64.8 Å². The van der Waals surface area contributed by atoms with Crippen LogP contribution in [0.25, 0.3) is 0 Å². The van der Waals surface area contributed by atoms with Crippen LogP contribution in [0.5, 0.6) is 5.75 Å². The molecule has 1 unspecified atom stereocenters. The summed E-state index contributed by atoms with van der Waals surface area (Å²) >= 11 is 0. The van der Waals surface area contributed by atoms with Crippen LogP contribution >= 0.6 is 0 Å². The normalized spacial score (nSPS) is 17.2. The second-order valence-electron chi connectivity index (χ2n) is 10.6. The highest BCUT2D eigenvalue weighted by Crippen LogP contribution is 2.34. The van der Waals surface area contributed by atoms with Crippen molar-refractivity contribution in [3.63, 3.8) is 0 Å². The van der Waals surface area contributed by atoms with Crippen molar-refractivity contribution in [2.24, 2.45) is 16.0 Å². The maximum Gasteiger partial charge on any atom is 0.266 e. The van der Waals surface area contributed by atoms with Gasteiger partial charge in [0.25, 0.3) is 17.7 Å². The molecule has 3 aliphatic heterocycles. The molecule has 0 aliphatic carbocycles. The molecule has 3 heterocycles. The van der Waals surface area contributed by atoms with Crippen LogP contribution in [0.4, 0.5) is 17.1 Å². The van der Waals surface area contributed by atoms with E-state index in [1.807, 2.05) is 12.1 Å². The molecule has 13 nitrogen and oxygen atoms in total. The summed E-state index contributed by atoms with van der Waals surface area (Å²) in [5, 5.41) is 13.6. The fourth-order valence-corrected chi connectivity index (χ4v) is 5.53. The summed E-state index contributed by atoms with van der Waals surface area (Å²) < 4.78 is 5.68. The molecule has 0 bridgehead atoms. The summed E-state index contributed by atoms with van der Waals surface area (Å²) in [5.41, 5.74) is 9.81. The summed E-state index contributed by atoms with van der Waals surface area (Å²) in [6.07, 6.45) is 1.41. The SMILES string of the molecule is NC(=O)Cc1ccc2c(c1)CCc1cc(NC(=O)COc3cccc4c3C(=O)N(C3CCC(=O)NC3=O)C4=O)ccc1N=N2. The molecule has 44 heavy (non-hydrogen) atoms. The Bertz CT molecular complexity index is 1800. The molecule has 0 saturated carbocycles. The zero-order valence-corrected chi connectivity index (χ0v) is 23.3. The van der Waals surface area contributed by atoms with E-state index in [1.165, 1.54) is 18.2 Å². The summed E-state index contributed by atoms with van der Waals surface area (Å²) in [7, 11) is 0. The number of primary amides is 1. The summed E-state index contributed by atoms with van der Waals surface area (Å²) in [6, 6.07) is 14.1. The van der Waals surface area contributed by atoms with E-state index in [4.69, 9.17) is 10.5 Å². The van der Waals surface area contributed by atoms with Crippen LogP contribution in [0, 0.1) is 0 Å². The maximum absolute atomic E-state index is 13.2. The highest BCUT2D eigenvalue weighted by Gasteiger charge is 2.46. The van der Waals surface area contributed by atoms with E-state index >= 15 is 0 Å². The van der Waals surface area contributed by atoms with Crippen molar-refractivity contribution in [2.45, 2.75) is 38.1 Å². The van der Waals surface area contributed by atoms with Gasteiger partial charge in [0.1, 0.15) is 11.8 Å². The van der Waals surface area contributed by atoms with Crippen molar-refractivity contribution in [1.29, 1.82) is 0 Å². The number of nitrogens with one attached hydrogen (secondary N) is 2. The van der Waals surface area contributed by atoms with Gasteiger partial charge in [-0.1, -0.05) is 18.2 Å². The summed E-state index contributed by atoms with van der Waals surface area (Å²) in [6.45, 7) is -0.455. The Hall–Kier alpha value is -5.72. The highest BCUT2D eigenvalue weighted by molar-refractivity contribution is 6.24. The third kappa shape index (κ3) is 5.54. The van der Waals surface area contributed by atoms with Crippen LogP contribution < -0.4 is 21.1 Å². The van der Waals surface area contributed by atoms with Gasteiger partial charge in [-0.25, -0.2) is 0 Å². The third-order valence-corrected chi connectivity index (χ3v) is 7.60. The van der Waals surface area contributed by atoms with Crippen LogP contribution in [-0.4, -0.2) is 53.0 Å². The first kappa shape index (κ1) is 28.4. The quantitative estimate of drug-likeness (QED) is 0.350. The van der Waals surface area contributed by atoms with Gasteiger partial charge in [0.2, 0.25) is 17.7 Å².